The van der Waals surface area contributed by atoms with Crippen LogP contribution in [0.2, 0.25) is 0 Å². The number of nitrogens with zero attached hydrogens (tertiary/aromatic N) is 4. The zero-order valence-corrected chi connectivity index (χ0v) is 13.4. The first-order valence-corrected chi connectivity index (χ1v) is 7.71. The summed E-state index contributed by atoms with van der Waals surface area (Å²) in [7, 11) is 1.74. The van der Waals surface area contributed by atoms with Gasteiger partial charge in [0.1, 0.15) is 11.0 Å². The lowest BCUT2D eigenvalue weighted by atomic mass is 10.1. The average molecular weight is 316 g/mol. The molecular weight excluding hydrogens is 300 g/mol. The van der Waals surface area contributed by atoms with Crippen molar-refractivity contribution in [1.29, 1.82) is 0 Å². The van der Waals surface area contributed by atoms with E-state index in [4.69, 9.17) is 4.52 Å². The summed E-state index contributed by atoms with van der Waals surface area (Å²) in [5.41, 5.74) is 3.51. The number of fused-ring (bicyclic) bond motifs is 1. The second-order valence-corrected chi connectivity index (χ2v) is 6.05. The average Bonchev–Trinajstić information content (AvgIpc) is 3.15. The molecule has 0 aliphatic rings. The molecule has 0 aliphatic heterocycles. The van der Waals surface area contributed by atoms with Crippen LogP contribution in [0.5, 0.6) is 0 Å². The zero-order valence-electron chi connectivity index (χ0n) is 12.6. The summed E-state index contributed by atoms with van der Waals surface area (Å²) < 4.78 is 13.5. The minimum Gasteiger partial charge on any atom is -0.351 e. The molecule has 1 amide bonds. The third-order valence-electron chi connectivity index (χ3n) is 3.42. The van der Waals surface area contributed by atoms with Gasteiger partial charge in [-0.25, -0.2) is 0 Å². The van der Waals surface area contributed by atoms with Crippen LogP contribution < -0.4 is 0 Å². The Morgan fingerprint density at radius 2 is 2.05 bits per heavy atom. The molecule has 22 heavy (non-hydrogen) atoms. The fraction of sp³-hybridized carbons (Fsp3) is 0.333. The molecule has 0 unspecified atom stereocenters. The number of benzene rings is 1. The summed E-state index contributed by atoms with van der Waals surface area (Å²) in [6.07, 6.45) is 0. The Labute approximate surface area is 132 Å². The fourth-order valence-corrected chi connectivity index (χ4v) is 2.64. The Morgan fingerprint density at radius 3 is 2.77 bits per heavy atom. The Balaban J connectivity index is 1.74. The third kappa shape index (κ3) is 2.85. The lowest BCUT2D eigenvalue weighted by molar-refractivity contribution is 0.0743. The normalized spacial score (nSPS) is 11.3. The molecule has 114 valence electrons. The summed E-state index contributed by atoms with van der Waals surface area (Å²) in [5.74, 6) is 0.314. The summed E-state index contributed by atoms with van der Waals surface area (Å²) >= 11 is 1.19. The zero-order chi connectivity index (χ0) is 15.7. The topological polar surface area (TPSA) is 72.1 Å². The first kappa shape index (κ1) is 14.6. The molecule has 0 atom stereocenters. The molecule has 3 rings (SSSR count). The Kier molecular flexibility index (Phi) is 3.89. The molecule has 3 aromatic rings. The number of amides is 1. The van der Waals surface area contributed by atoms with Gasteiger partial charge in [0.15, 0.2) is 0 Å². The summed E-state index contributed by atoms with van der Waals surface area (Å²) in [6.45, 7) is 4.49. The van der Waals surface area contributed by atoms with Gasteiger partial charge in [0.25, 0.3) is 5.91 Å². The van der Waals surface area contributed by atoms with E-state index < -0.39 is 0 Å². The number of carbonyl (C=O) groups is 1. The number of hydrogen-bond acceptors (Lipinski definition) is 6. The standard InChI is InChI=1S/C15H16N4O2S/c1-9(2)12-7-14(21-16-12)15(20)19(3)8-10-4-5-11-13(6-10)18-22-17-11/h4-7,9H,8H2,1-3H3. The maximum atomic E-state index is 12.4. The van der Waals surface area contributed by atoms with E-state index in [1.54, 1.807) is 18.0 Å². The SMILES string of the molecule is CC(C)c1cc(C(=O)N(C)Cc2ccc3nsnc3c2)on1. The molecule has 6 nitrogen and oxygen atoms in total. The molecule has 0 N–H and O–H groups in total. The van der Waals surface area contributed by atoms with E-state index in [1.165, 1.54) is 11.7 Å². The number of hydrogen-bond donors (Lipinski definition) is 0. The van der Waals surface area contributed by atoms with Crippen molar-refractivity contribution < 1.29 is 9.32 Å². The highest BCUT2D eigenvalue weighted by atomic mass is 32.1. The highest BCUT2D eigenvalue weighted by Crippen LogP contribution is 2.18. The molecule has 0 saturated heterocycles. The minimum absolute atomic E-state index is 0.184. The molecule has 0 saturated carbocycles. The van der Waals surface area contributed by atoms with E-state index in [9.17, 15) is 4.79 Å². The summed E-state index contributed by atoms with van der Waals surface area (Å²) in [5, 5.41) is 3.92. The molecule has 0 spiro atoms. The quantitative estimate of drug-likeness (QED) is 0.739. The lowest BCUT2D eigenvalue weighted by Gasteiger charge is -2.15. The van der Waals surface area contributed by atoms with Gasteiger partial charge in [0.2, 0.25) is 5.76 Å². The van der Waals surface area contributed by atoms with Crippen LogP contribution >= 0.6 is 11.7 Å². The van der Waals surface area contributed by atoms with Crippen LogP contribution in [0.15, 0.2) is 28.8 Å². The molecule has 2 aromatic heterocycles. The second-order valence-electron chi connectivity index (χ2n) is 5.52. The fourth-order valence-electron chi connectivity index (χ4n) is 2.12. The van der Waals surface area contributed by atoms with Gasteiger partial charge in [-0.2, -0.15) is 8.75 Å². The number of rotatable bonds is 4. The van der Waals surface area contributed by atoms with Crippen LogP contribution in [0.4, 0.5) is 0 Å². The molecule has 0 fully saturated rings. The predicted molar refractivity (Wildman–Crippen MR) is 83.8 cm³/mol. The van der Waals surface area contributed by atoms with Gasteiger partial charge in [-0.05, 0) is 23.6 Å². The van der Waals surface area contributed by atoms with Gasteiger partial charge >= 0.3 is 0 Å². The highest BCUT2D eigenvalue weighted by molar-refractivity contribution is 7.00. The molecule has 0 radical (unpaired) electrons. The molecule has 7 heteroatoms. The lowest BCUT2D eigenvalue weighted by Crippen LogP contribution is -2.25. The van der Waals surface area contributed by atoms with E-state index in [0.717, 1.165) is 22.3 Å². The highest BCUT2D eigenvalue weighted by Gasteiger charge is 2.19. The second kappa shape index (κ2) is 5.84. The molecular formula is C15H16N4O2S. The van der Waals surface area contributed by atoms with E-state index in [0.29, 0.717) is 6.54 Å². The van der Waals surface area contributed by atoms with Crippen LogP contribution in [-0.4, -0.2) is 31.8 Å². The number of aromatic nitrogens is 3. The van der Waals surface area contributed by atoms with Crippen LogP contribution in [0.25, 0.3) is 11.0 Å². The minimum atomic E-state index is -0.184. The van der Waals surface area contributed by atoms with Crippen LogP contribution in [0.3, 0.4) is 0 Å². The van der Waals surface area contributed by atoms with Crippen LogP contribution in [-0.2, 0) is 6.54 Å². The van der Waals surface area contributed by atoms with Gasteiger partial charge in [-0.1, -0.05) is 25.1 Å². The van der Waals surface area contributed by atoms with E-state index >= 15 is 0 Å². The third-order valence-corrected chi connectivity index (χ3v) is 3.97. The van der Waals surface area contributed by atoms with Crippen molar-refractivity contribution in [2.75, 3.05) is 7.05 Å². The molecule has 0 bridgehead atoms. The van der Waals surface area contributed by atoms with Crippen molar-refractivity contribution >= 4 is 28.7 Å². The monoisotopic (exact) mass is 316 g/mol. The maximum Gasteiger partial charge on any atom is 0.292 e. The Bertz CT molecular complexity index is 809. The van der Waals surface area contributed by atoms with Crippen molar-refractivity contribution in [3.63, 3.8) is 0 Å². The molecule has 2 heterocycles. The predicted octanol–water partition coefficient (Wildman–Crippen LogP) is 3.07. The smallest absolute Gasteiger partial charge is 0.292 e. The number of carbonyl (C=O) groups excluding carboxylic acids is 1. The van der Waals surface area contributed by atoms with Gasteiger partial charge in [0, 0.05) is 19.7 Å². The molecule has 0 aliphatic carbocycles. The van der Waals surface area contributed by atoms with Crippen molar-refractivity contribution in [3.8, 4) is 0 Å². The van der Waals surface area contributed by atoms with Crippen LogP contribution in [0, 0.1) is 0 Å². The van der Waals surface area contributed by atoms with Crippen molar-refractivity contribution in [3.05, 3.63) is 41.3 Å². The first-order chi connectivity index (χ1) is 10.5. The van der Waals surface area contributed by atoms with Crippen molar-refractivity contribution in [2.24, 2.45) is 0 Å². The van der Waals surface area contributed by atoms with Gasteiger partial charge in [-0.15, -0.1) is 0 Å². The summed E-state index contributed by atoms with van der Waals surface area (Å²) in [6, 6.07) is 7.52. The van der Waals surface area contributed by atoms with Crippen molar-refractivity contribution in [1.82, 2.24) is 18.8 Å². The van der Waals surface area contributed by atoms with Gasteiger partial charge < -0.3 is 9.42 Å². The van der Waals surface area contributed by atoms with E-state index in [2.05, 4.69) is 13.9 Å². The Hall–Kier alpha value is -2.28. The summed E-state index contributed by atoms with van der Waals surface area (Å²) in [4.78, 5) is 14.0. The maximum absolute atomic E-state index is 12.4. The van der Waals surface area contributed by atoms with Gasteiger partial charge in [-0.3, -0.25) is 4.79 Å². The molecule has 1 aromatic carbocycles. The van der Waals surface area contributed by atoms with E-state index in [1.807, 2.05) is 32.0 Å². The first-order valence-electron chi connectivity index (χ1n) is 6.98. The van der Waals surface area contributed by atoms with Crippen LogP contribution in [0.1, 0.15) is 41.6 Å². The van der Waals surface area contributed by atoms with E-state index in [-0.39, 0.29) is 17.6 Å². The Morgan fingerprint density at radius 1 is 1.27 bits per heavy atom. The largest absolute Gasteiger partial charge is 0.351 e. The van der Waals surface area contributed by atoms with Crippen molar-refractivity contribution in [2.45, 2.75) is 26.3 Å². The van der Waals surface area contributed by atoms with Gasteiger partial charge in [0.05, 0.1) is 17.4 Å².